The van der Waals surface area contributed by atoms with Gasteiger partial charge in [0, 0.05) is 11.8 Å². The van der Waals surface area contributed by atoms with Crippen LogP contribution in [0.5, 0.6) is 0 Å². The maximum Gasteiger partial charge on any atom is 0.289 e. The third kappa shape index (κ3) is 3.86. The van der Waals surface area contributed by atoms with Gasteiger partial charge in [0.25, 0.3) is 17.3 Å². The molecule has 11 nitrogen and oxygen atoms in total. The molecule has 11 heteroatoms. The van der Waals surface area contributed by atoms with Crippen LogP contribution in [0.25, 0.3) is 16.7 Å². The highest BCUT2D eigenvalue weighted by Gasteiger charge is 2.24. The molecule has 160 valence electrons. The van der Waals surface area contributed by atoms with E-state index in [1.54, 1.807) is 18.2 Å². The van der Waals surface area contributed by atoms with Gasteiger partial charge in [0.15, 0.2) is 0 Å². The maximum atomic E-state index is 12.6. The van der Waals surface area contributed by atoms with E-state index in [-0.39, 0.29) is 5.56 Å². The van der Waals surface area contributed by atoms with Crippen LogP contribution in [0.1, 0.15) is 21.5 Å². The van der Waals surface area contributed by atoms with E-state index in [4.69, 9.17) is 0 Å². The van der Waals surface area contributed by atoms with Gasteiger partial charge < -0.3 is 5.32 Å². The van der Waals surface area contributed by atoms with Gasteiger partial charge in [0.2, 0.25) is 0 Å². The summed E-state index contributed by atoms with van der Waals surface area (Å²) in [5.74, 6) is -0.771. The van der Waals surface area contributed by atoms with Gasteiger partial charge in [-0.05, 0) is 61.4 Å². The van der Waals surface area contributed by atoms with Crippen molar-refractivity contribution < 1.29 is 14.6 Å². The number of nitrogens with zero attached hydrogens (tertiary/aromatic N) is 5. The molecule has 0 unspecified atom stereocenters. The van der Waals surface area contributed by atoms with Crippen LogP contribution < -0.4 is 5.32 Å². The standard InChI is InChI=1S/C21H16N6O5/c1-12-3-5-15(9-13(12)2)25-23-18-8-4-14(10-19(18)24-25)22-21(28)17-7-6-16(26(29)30)11-20(17)27(31)32/h3-11H,1-2H3,(H,22,28). The Morgan fingerprint density at radius 3 is 2.31 bits per heavy atom. The van der Waals surface area contributed by atoms with Gasteiger partial charge >= 0.3 is 0 Å². The molecule has 0 saturated carbocycles. The lowest BCUT2D eigenvalue weighted by Gasteiger charge is -2.05. The van der Waals surface area contributed by atoms with Crippen LogP contribution in [0.4, 0.5) is 17.1 Å². The molecule has 4 aromatic rings. The predicted molar refractivity (Wildman–Crippen MR) is 116 cm³/mol. The number of carbonyl (C=O) groups excluding carboxylic acids is 1. The van der Waals surface area contributed by atoms with Crippen LogP contribution in [0, 0.1) is 34.1 Å². The van der Waals surface area contributed by atoms with Gasteiger partial charge in [-0.2, -0.15) is 4.80 Å². The SMILES string of the molecule is Cc1ccc(-n2nc3ccc(NC(=O)c4ccc([N+](=O)[O-])cc4[N+](=O)[O-])cc3n2)cc1C. The van der Waals surface area contributed by atoms with Crippen LogP contribution >= 0.6 is 0 Å². The van der Waals surface area contributed by atoms with Crippen molar-refractivity contribution in [1.29, 1.82) is 0 Å². The van der Waals surface area contributed by atoms with E-state index in [2.05, 4.69) is 15.5 Å². The summed E-state index contributed by atoms with van der Waals surface area (Å²) in [4.78, 5) is 34.7. The number of fused-ring (bicyclic) bond motifs is 1. The third-order valence-corrected chi connectivity index (χ3v) is 4.99. The van der Waals surface area contributed by atoms with Gasteiger partial charge in [-0.3, -0.25) is 25.0 Å². The molecule has 1 N–H and O–H groups in total. The van der Waals surface area contributed by atoms with E-state index in [1.165, 1.54) is 4.80 Å². The first-order valence-corrected chi connectivity index (χ1v) is 9.42. The normalized spacial score (nSPS) is 10.8. The fraction of sp³-hybridized carbons (Fsp3) is 0.0952. The molecule has 0 bridgehead atoms. The zero-order chi connectivity index (χ0) is 23.0. The number of anilines is 1. The summed E-state index contributed by atoms with van der Waals surface area (Å²) < 4.78 is 0. The number of nitro groups is 2. The molecule has 3 aromatic carbocycles. The Morgan fingerprint density at radius 2 is 1.62 bits per heavy atom. The maximum absolute atomic E-state index is 12.6. The molecular formula is C21H16N6O5. The van der Waals surface area contributed by atoms with E-state index < -0.39 is 27.1 Å². The van der Waals surface area contributed by atoms with Crippen LogP contribution in [0.3, 0.4) is 0 Å². The van der Waals surface area contributed by atoms with E-state index in [0.29, 0.717) is 16.7 Å². The van der Waals surface area contributed by atoms with Crippen molar-refractivity contribution in [3.8, 4) is 5.69 Å². The van der Waals surface area contributed by atoms with Gasteiger partial charge in [-0.15, -0.1) is 10.2 Å². The second-order valence-corrected chi connectivity index (χ2v) is 7.13. The van der Waals surface area contributed by atoms with Gasteiger partial charge in [0.05, 0.1) is 21.6 Å². The molecule has 32 heavy (non-hydrogen) atoms. The zero-order valence-corrected chi connectivity index (χ0v) is 17.0. The van der Waals surface area contributed by atoms with Gasteiger partial charge in [0.1, 0.15) is 16.6 Å². The van der Waals surface area contributed by atoms with Gasteiger partial charge in [-0.1, -0.05) is 6.07 Å². The minimum Gasteiger partial charge on any atom is -0.322 e. The monoisotopic (exact) mass is 432 g/mol. The highest BCUT2D eigenvalue weighted by molar-refractivity contribution is 6.07. The fourth-order valence-electron chi connectivity index (χ4n) is 3.13. The number of aryl methyl sites for hydroxylation is 2. The lowest BCUT2D eigenvalue weighted by atomic mass is 10.1. The van der Waals surface area contributed by atoms with Crippen LogP contribution in [-0.2, 0) is 0 Å². The Balaban J connectivity index is 1.63. The first kappa shape index (κ1) is 20.6. The Labute approximate surface area is 180 Å². The molecule has 1 amide bonds. The van der Waals surface area contributed by atoms with Gasteiger partial charge in [-0.25, -0.2) is 0 Å². The number of aromatic nitrogens is 3. The molecular weight excluding hydrogens is 416 g/mol. The van der Waals surface area contributed by atoms with Crippen molar-refractivity contribution in [2.24, 2.45) is 0 Å². The minimum absolute atomic E-state index is 0.292. The average molecular weight is 432 g/mol. The summed E-state index contributed by atoms with van der Waals surface area (Å²) in [6.07, 6.45) is 0. The fourth-order valence-corrected chi connectivity index (χ4v) is 3.13. The number of benzene rings is 3. The first-order chi connectivity index (χ1) is 15.2. The Kier molecular flexibility index (Phi) is 5.07. The summed E-state index contributed by atoms with van der Waals surface area (Å²) >= 11 is 0. The molecule has 0 fully saturated rings. The second kappa shape index (κ2) is 7.87. The molecule has 0 aliphatic heterocycles. The molecule has 0 aliphatic rings. The number of non-ortho nitro benzene ring substituents is 1. The lowest BCUT2D eigenvalue weighted by Crippen LogP contribution is -2.14. The smallest absolute Gasteiger partial charge is 0.289 e. The molecule has 4 rings (SSSR count). The van der Waals surface area contributed by atoms with E-state index in [9.17, 15) is 25.0 Å². The molecule has 1 aromatic heterocycles. The highest BCUT2D eigenvalue weighted by atomic mass is 16.6. The number of rotatable bonds is 5. The summed E-state index contributed by atoms with van der Waals surface area (Å²) in [6.45, 7) is 4.00. The third-order valence-electron chi connectivity index (χ3n) is 4.99. The second-order valence-electron chi connectivity index (χ2n) is 7.13. The highest BCUT2D eigenvalue weighted by Crippen LogP contribution is 2.26. The Bertz CT molecular complexity index is 1410. The summed E-state index contributed by atoms with van der Waals surface area (Å²) in [7, 11) is 0. The average Bonchev–Trinajstić information content (AvgIpc) is 3.18. The number of hydrogen-bond donors (Lipinski definition) is 1. The largest absolute Gasteiger partial charge is 0.322 e. The van der Waals surface area contributed by atoms with E-state index in [0.717, 1.165) is 35.0 Å². The van der Waals surface area contributed by atoms with Crippen LogP contribution in [0.15, 0.2) is 54.6 Å². The molecule has 0 radical (unpaired) electrons. The lowest BCUT2D eigenvalue weighted by molar-refractivity contribution is -0.394. The topological polar surface area (TPSA) is 146 Å². The van der Waals surface area contributed by atoms with Crippen molar-refractivity contribution in [1.82, 2.24) is 15.0 Å². The summed E-state index contributed by atoms with van der Waals surface area (Å²) in [5.41, 5.74) is 3.08. The Hall–Kier alpha value is -4.67. The van der Waals surface area contributed by atoms with Crippen molar-refractivity contribution in [3.05, 3.63) is 91.5 Å². The number of amides is 1. The zero-order valence-electron chi connectivity index (χ0n) is 17.0. The molecule has 0 spiro atoms. The number of hydrogen-bond acceptors (Lipinski definition) is 7. The van der Waals surface area contributed by atoms with Crippen molar-refractivity contribution in [2.45, 2.75) is 13.8 Å². The van der Waals surface area contributed by atoms with Crippen LogP contribution in [-0.4, -0.2) is 30.7 Å². The van der Waals surface area contributed by atoms with Crippen LogP contribution in [0.2, 0.25) is 0 Å². The predicted octanol–water partition coefficient (Wildman–Crippen LogP) is 4.11. The van der Waals surface area contributed by atoms with Crippen molar-refractivity contribution >= 4 is 34.0 Å². The molecule has 0 aliphatic carbocycles. The summed E-state index contributed by atoms with van der Waals surface area (Å²) in [5, 5.41) is 33.6. The van der Waals surface area contributed by atoms with E-state index >= 15 is 0 Å². The number of nitrogens with one attached hydrogen (secondary N) is 1. The Morgan fingerprint density at radius 1 is 0.875 bits per heavy atom. The number of nitro benzene ring substituents is 2. The quantitative estimate of drug-likeness (QED) is 0.369. The minimum atomic E-state index is -0.833. The molecule has 1 heterocycles. The van der Waals surface area contributed by atoms with Crippen molar-refractivity contribution in [3.63, 3.8) is 0 Å². The van der Waals surface area contributed by atoms with E-state index in [1.807, 2.05) is 32.0 Å². The summed E-state index contributed by atoms with van der Waals surface area (Å²) in [6, 6.07) is 13.5. The molecule has 0 saturated heterocycles. The first-order valence-electron chi connectivity index (χ1n) is 9.42. The molecule has 0 atom stereocenters. The number of carbonyl (C=O) groups is 1. The van der Waals surface area contributed by atoms with Crippen molar-refractivity contribution in [2.75, 3.05) is 5.32 Å².